The molecule has 0 saturated heterocycles. The monoisotopic (exact) mass is 160 g/mol. The molecule has 0 aromatic rings. The van der Waals surface area contributed by atoms with Gasteiger partial charge in [-0.05, 0) is 0 Å². The summed E-state index contributed by atoms with van der Waals surface area (Å²) in [5, 5.41) is 8.08. The molecule has 0 bridgehead atoms. The highest BCUT2D eigenvalue weighted by atomic mass is 35.5. The molecule has 0 radical (unpaired) electrons. The average Bonchev–Trinajstić information content (AvgIpc) is 1.89. The largest absolute Gasteiger partial charge is 0.369 e. The second-order valence-electron chi connectivity index (χ2n) is 1.68. The molecule has 0 rings (SSSR count). The summed E-state index contributed by atoms with van der Waals surface area (Å²) in [4.78, 5) is 4.92. The van der Waals surface area contributed by atoms with Gasteiger partial charge in [-0.25, -0.2) is 0 Å². The zero-order chi connectivity index (χ0) is 7.98. The molecule has 0 heterocycles. The second kappa shape index (κ2) is 4.89. The Labute approximate surface area is 64.9 Å². The second-order valence-corrected chi connectivity index (χ2v) is 2.06. The molecule has 10 heavy (non-hydrogen) atoms. The zero-order valence-electron chi connectivity index (χ0n) is 5.71. The number of nitrogens with two attached hydrogens (primary N) is 1. The summed E-state index contributed by atoms with van der Waals surface area (Å²) in [5.74, 6) is 0.668. The normalized spacial score (nSPS) is 10.7. The summed E-state index contributed by atoms with van der Waals surface area (Å²) in [5.41, 5.74) is 5.31. The molecule has 0 fully saturated rings. The lowest BCUT2D eigenvalue weighted by atomic mass is 10.6. The van der Waals surface area contributed by atoms with Gasteiger partial charge < -0.3 is 10.6 Å². The minimum Gasteiger partial charge on any atom is -0.369 e. The van der Waals surface area contributed by atoms with Crippen LogP contribution < -0.4 is 5.73 Å². The molecule has 5 heteroatoms. The van der Waals surface area contributed by atoms with Gasteiger partial charge in [-0.2, -0.15) is 5.26 Å². The van der Waals surface area contributed by atoms with Crippen molar-refractivity contribution in [3.8, 4) is 6.19 Å². The molecule has 0 aromatic carbocycles. The Morgan fingerprint density at radius 3 is 2.90 bits per heavy atom. The third-order valence-corrected chi connectivity index (χ3v) is 1.14. The number of hydrogen-bond acceptors (Lipinski definition) is 2. The van der Waals surface area contributed by atoms with Crippen LogP contribution in [-0.2, 0) is 0 Å². The van der Waals surface area contributed by atoms with Crippen LogP contribution in [0.15, 0.2) is 4.99 Å². The number of nitriles is 1. The van der Waals surface area contributed by atoms with Crippen LogP contribution in [0, 0.1) is 11.5 Å². The van der Waals surface area contributed by atoms with Crippen molar-refractivity contribution in [1.82, 2.24) is 4.90 Å². The topological polar surface area (TPSA) is 65.4 Å². The van der Waals surface area contributed by atoms with E-state index in [0.717, 1.165) is 0 Å². The van der Waals surface area contributed by atoms with E-state index in [0.29, 0.717) is 12.4 Å². The Kier molecular flexibility index (Phi) is 4.42. The fourth-order valence-corrected chi connectivity index (χ4v) is 0.631. The van der Waals surface area contributed by atoms with E-state index in [1.165, 1.54) is 0 Å². The molecule has 0 unspecified atom stereocenters. The van der Waals surface area contributed by atoms with E-state index < -0.39 is 0 Å². The molecule has 0 aliphatic rings. The standard InChI is InChI=1S/C5H9ClN4/c1-10(3-2-6)5(8)9-4-7/h2-3H2,1H3,(H2,8,9). The Bertz CT molecular complexity index is 160. The van der Waals surface area contributed by atoms with Crippen LogP contribution in [0.5, 0.6) is 0 Å². The highest BCUT2D eigenvalue weighted by Crippen LogP contribution is 1.83. The lowest BCUT2D eigenvalue weighted by molar-refractivity contribution is 0.532. The predicted molar refractivity (Wildman–Crippen MR) is 40.6 cm³/mol. The van der Waals surface area contributed by atoms with Crippen LogP contribution >= 0.6 is 11.6 Å². The number of halogens is 1. The number of alkyl halides is 1. The predicted octanol–water partition coefficient (Wildman–Crippen LogP) is -0.0472. The quantitative estimate of drug-likeness (QED) is 0.267. The van der Waals surface area contributed by atoms with Crippen molar-refractivity contribution in [1.29, 1.82) is 5.26 Å². The third kappa shape index (κ3) is 3.15. The van der Waals surface area contributed by atoms with Crippen LogP contribution in [0.2, 0.25) is 0 Å². The number of nitrogens with zero attached hydrogens (tertiary/aromatic N) is 3. The molecule has 0 aliphatic heterocycles. The smallest absolute Gasteiger partial charge is 0.209 e. The maximum atomic E-state index is 8.08. The van der Waals surface area contributed by atoms with Gasteiger partial charge in [0.25, 0.3) is 0 Å². The van der Waals surface area contributed by atoms with E-state index in [1.807, 2.05) is 0 Å². The van der Waals surface area contributed by atoms with Crippen molar-refractivity contribution in [2.45, 2.75) is 0 Å². The van der Waals surface area contributed by atoms with Gasteiger partial charge in [-0.15, -0.1) is 16.6 Å². The summed E-state index contributed by atoms with van der Waals surface area (Å²) < 4.78 is 0. The lowest BCUT2D eigenvalue weighted by Crippen LogP contribution is -2.34. The van der Waals surface area contributed by atoms with Crippen molar-refractivity contribution in [3.63, 3.8) is 0 Å². The first-order valence-corrected chi connectivity index (χ1v) is 3.25. The SMILES string of the molecule is CN(CCCl)C(N)=NC#N. The first kappa shape index (κ1) is 9.05. The molecular formula is C5H9ClN4. The first-order chi connectivity index (χ1) is 4.72. The van der Waals surface area contributed by atoms with Gasteiger partial charge in [-0.3, -0.25) is 0 Å². The minimum absolute atomic E-state index is 0.197. The lowest BCUT2D eigenvalue weighted by Gasteiger charge is -2.13. The molecule has 0 saturated carbocycles. The Hall–Kier alpha value is -0.950. The van der Waals surface area contributed by atoms with Crippen LogP contribution in [0.1, 0.15) is 0 Å². The van der Waals surface area contributed by atoms with Crippen molar-refractivity contribution in [3.05, 3.63) is 0 Å². The Morgan fingerprint density at radius 2 is 2.50 bits per heavy atom. The highest BCUT2D eigenvalue weighted by molar-refractivity contribution is 6.18. The van der Waals surface area contributed by atoms with Crippen molar-refractivity contribution < 1.29 is 0 Å². The fourth-order valence-electron chi connectivity index (χ4n) is 0.378. The van der Waals surface area contributed by atoms with E-state index in [2.05, 4.69) is 4.99 Å². The van der Waals surface area contributed by atoms with Crippen molar-refractivity contribution in [2.75, 3.05) is 19.5 Å². The Balaban J connectivity index is 3.84. The average molecular weight is 161 g/mol. The molecule has 0 aliphatic carbocycles. The first-order valence-electron chi connectivity index (χ1n) is 2.71. The van der Waals surface area contributed by atoms with Gasteiger partial charge in [0.15, 0.2) is 0 Å². The fraction of sp³-hybridized carbons (Fsp3) is 0.600. The summed E-state index contributed by atoms with van der Waals surface area (Å²) in [6.45, 7) is 0.596. The van der Waals surface area contributed by atoms with E-state index in [-0.39, 0.29) is 5.96 Å². The van der Waals surface area contributed by atoms with Crippen molar-refractivity contribution >= 4 is 17.6 Å². The highest BCUT2D eigenvalue weighted by Gasteiger charge is 1.97. The van der Waals surface area contributed by atoms with Gasteiger partial charge in [0.2, 0.25) is 12.2 Å². The maximum absolute atomic E-state index is 8.08. The molecule has 0 aromatic heterocycles. The number of aliphatic imine (C=N–C) groups is 1. The summed E-state index contributed by atoms with van der Waals surface area (Å²) in [7, 11) is 1.72. The molecule has 0 amide bonds. The van der Waals surface area contributed by atoms with Gasteiger partial charge in [0.05, 0.1) is 0 Å². The van der Waals surface area contributed by atoms with Gasteiger partial charge in [0, 0.05) is 19.5 Å². The summed E-state index contributed by atoms with van der Waals surface area (Å²) in [6, 6.07) is 0. The Morgan fingerprint density at radius 1 is 1.90 bits per heavy atom. The molecule has 0 spiro atoms. The van der Waals surface area contributed by atoms with Crippen LogP contribution in [0.4, 0.5) is 0 Å². The van der Waals surface area contributed by atoms with Crippen LogP contribution in [0.25, 0.3) is 0 Å². The van der Waals surface area contributed by atoms with Gasteiger partial charge >= 0.3 is 0 Å². The number of guanidine groups is 1. The van der Waals surface area contributed by atoms with E-state index >= 15 is 0 Å². The minimum atomic E-state index is 0.197. The van der Waals surface area contributed by atoms with Gasteiger partial charge in [0.1, 0.15) is 0 Å². The third-order valence-electron chi connectivity index (χ3n) is 0.976. The zero-order valence-corrected chi connectivity index (χ0v) is 6.47. The molecule has 56 valence electrons. The molecular weight excluding hydrogens is 152 g/mol. The van der Waals surface area contributed by atoms with E-state index in [1.54, 1.807) is 18.1 Å². The van der Waals surface area contributed by atoms with Gasteiger partial charge in [-0.1, -0.05) is 0 Å². The number of rotatable bonds is 2. The van der Waals surface area contributed by atoms with Crippen LogP contribution in [-0.4, -0.2) is 30.3 Å². The van der Waals surface area contributed by atoms with Crippen LogP contribution in [0.3, 0.4) is 0 Å². The van der Waals surface area contributed by atoms with E-state index in [4.69, 9.17) is 22.6 Å². The van der Waals surface area contributed by atoms with Crippen molar-refractivity contribution in [2.24, 2.45) is 10.7 Å². The summed E-state index contributed by atoms with van der Waals surface area (Å²) in [6.07, 6.45) is 1.58. The maximum Gasteiger partial charge on any atom is 0.209 e. The molecule has 4 nitrogen and oxygen atoms in total. The molecule has 2 N–H and O–H groups in total. The number of hydrogen-bond donors (Lipinski definition) is 1. The molecule has 0 atom stereocenters. The summed E-state index contributed by atoms with van der Waals surface area (Å²) >= 11 is 5.41. The van der Waals surface area contributed by atoms with E-state index in [9.17, 15) is 0 Å².